The number of nitrogens with zero attached hydrogens (tertiary/aromatic N) is 2. The van der Waals surface area contributed by atoms with Crippen LogP contribution in [-0.4, -0.2) is 42.4 Å². The highest BCUT2D eigenvalue weighted by Gasteiger charge is 2.22. The van der Waals surface area contributed by atoms with Crippen LogP contribution >= 0.6 is 0 Å². The Kier molecular flexibility index (Phi) is 3.65. The minimum absolute atomic E-state index is 0.117. The first kappa shape index (κ1) is 10.7. The lowest BCUT2D eigenvalue weighted by Crippen LogP contribution is -2.47. The Morgan fingerprint density at radius 1 is 1.43 bits per heavy atom. The molecule has 0 aromatic heterocycles. The molecular weight excluding hydrogens is 176 g/mol. The van der Waals surface area contributed by atoms with Crippen molar-refractivity contribution in [2.24, 2.45) is 0 Å². The Morgan fingerprint density at radius 2 is 2.14 bits per heavy atom. The maximum atomic E-state index is 11.6. The number of carbonyl (C=O) groups excluding carboxylic acids is 1. The van der Waals surface area contributed by atoms with Crippen molar-refractivity contribution in [3.8, 4) is 0 Å². The molecule has 0 aliphatic carbocycles. The summed E-state index contributed by atoms with van der Waals surface area (Å²) < 4.78 is 0. The van der Waals surface area contributed by atoms with Crippen LogP contribution in [0.25, 0.3) is 0 Å². The maximum Gasteiger partial charge on any atom is 0.241 e. The van der Waals surface area contributed by atoms with E-state index in [0.29, 0.717) is 6.54 Å². The first-order valence-electron chi connectivity index (χ1n) is 4.63. The summed E-state index contributed by atoms with van der Waals surface area (Å²) in [6.45, 7) is 9.39. The molecule has 0 unspecified atom stereocenters. The molecule has 3 nitrogen and oxygen atoms in total. The van der Waals surface area contributed by atoms with Gasteiger partial charge in [0.2, 0.25) is 5.91 Å². The predicted octanol–water partition coefficient (Wildman–Crippen LogP) is 1.02. The minimum Gasteiger partial charge on any atom is -0.310 e. The zero-order chi connectivity index (χ0) is 10.6. The highest BCUT2D eigenvalue weighted by Crippen LogP contribution is 2.10. The molecule has 1 amide bonds. The zero-order valence-electron chi connectivity index (χ0n) is 8.57. The van der Waals surface area contributed by atoms with Crippen LogP contribution in [0.1, 0.15) is 0 Å². The van der Waals surface area contributed by atoms with E-state index in [9.17, 15) is 4.79 Å². The number of piperazine rings is 1. The molecule has 1 aliphatic rings. The summed E-state index contributed by atoms with van der Waals surface area (Å²) >= 11 is 0. The molecule has 0 spiro atoms. The van der Waals surface area contributed by atoms with Gasteiger partial charge >= 0.3 is 0 Å². The molecule has 1 aliphatic heterocycles. The molecule has 76 valence electrons. The van der Waals surface area contributed by atoms with Gasteiger partial charge in [-0.05, 0) is 19.2 Å². The summed E-state index contributed by atoms with van der Waals surface area (Å²) in [5.74, 6) is 0.117. The van der Waals surface area contributed by atoms with E-state index in [-0.39, 0.29) is 5.91 Å². The molecule has 0 radical (unpaired) electrons. The molecule has 14 heavy (non-hydrogen) atoms. The molecule has 1 fully saturated rings. The van der Waals surface area contributed by atoms with E-state index in [1.165, 1.54) is 0 Å². The van der Waals surface area contributed by atoms with Gasteiger partial charge in [0.1, 0.15) is 0 Å². The standard InChI is InChI=1S/C11H16N2O/c1-4-6-10(5-2)13-8-7-12(3)9-11(13)14/h4-6H,1-2,7-9H2,3H3/b10-6+. The third-order valence-corrected chi connectivity index (χ3v) is 2.22. The second-order valence-electron chi connectivity index (χ2n) is 3.31. The van der Waals surface area contributed by atoms with Crippen LogP contribution in [0.15, 0.2) is 37.1 Å². The minimum atomic E-state index is 0.117. The number of amides is 1. The van der Waals surface area contributed by atoms with Crippen LogP contribution in [0, 0.1) is 0 Å². The Labute approximate surface area is 85.0 Å². The quantitative estimate of drug-likeness (QED) is 0.623. The van der Waals surface area contributed by atoms with Crippen LogP contribution in [-0.2, 0) is 4.79 Å². The number of hydrogen-bond donors (Lipinski definition) is 0. The number of allylic oxidation sites excluding steroid dienone is 3. The Morgan fingerprint density at radius 3 is 2.64 bits per heavy atom. The topological polar surface area (TPSA) is 23.6 Å². The fraction of sp³-hybridized carbons (Fsp3) is 0.364. The van der Waals surface area contributed by atoms with Crippen molar-refractivity contribution in [1.82, 2.24) is 9.80 Å². The average molecular weight is 192 g/mol. The summed E-state index contributed by atoms with van der Waals surface area (Å²) in [6.07, 6.45) is 5.16. The summed E-state index contributed by atoms with van der Waals surface area (Å²) in [5, 5.41) is 0. The van der Waals surface area contributed by atoms with Crippen molar-refractivity contribution < 1.29 is 4.79 Å². The third-order valence-electron chi connectivity index (χ3n) is 2.22. The van der Waals surface area contributed by atoms with Crippen LogP contribution in [0.5, 0.6) is 0 Å². The number of likely N-dealkylation sites (N-methyl/N-ethyl adjacent to an activating group) is 1. The smallest absolute Gasteiger partial charge is 0.241 e. The summed E-state index contributed by atoms with van der Waals surface area (Å²) in [6, 6.07) is 0. The summed E-state index contributed by atoms with van der Waals surface area (Å²) in [5.41, 5.74) is 0.832. The summed E-state index contributed by atoms with van der Waals surface area (Å²) in [4.78, 5) is 15.4. The van der Waals surface area contributed by atoms with Crippen LogP contribution < -0.4 is 0 Å². The number of rotatable bonds is 3. The Balaban J connectivity index is 2.77. The predicted molar refractivity (Wildman–Crippen MR) is 57.7 cm³/mol. The monoisotopic (exact) mass is 192 g/mol. The highest BCUT2D eigenvalue weighted by molar-refractivity contribution is 5.81. The maximum absolute atomic E-state index is 11.6. The number of hydrogen-bond acceptors (Lipinski definition) is 2. The van der Waals surface area contributed by atoms with Crippen molar-refractivity contribution >= 4 is 5.91 Å². The fourth-order valence-electron chi connectivity index (χ4n) is 1.45. The van der Waals surface area contributed by atoms with E-state index in [1.54, 1.807) is 23.1 Å². The van der Waals surface area contributed by atoms with Gasteiger partial charge in [0.15, 0.2) is 0 Å². The van der Waals surface area contributed by atoms with E-state index in [2.05, 4.69) is 13.2 Å². The van der Waals surface area contributed by atoms with Gasteiger partial charge < -0.3 is 4.90 Å². The lowest BCUT2D eigenvalue weighted by Gasteiger charge is -2.32. The van der Waals surface area contributed by atoms with Gasteiger partial charge in [-0.2, -0.15) is 0 Å². The SMILES string of the molecule is C=C/C=C(\C=C)N1CCN(C)CC1=O. The van der Waals surface area contributed by atoms with Crippen LogP contribution in [0.4, 0.5) is 0 Å². The van der Waals surface area contributed by atoms with Gasteiger partial charge in [0.05, 0.1) is 6.54 Å². The molecule has 0 aromatic carbocycles. The van der Waals surface area contributed by atoms with E-state index in [1.807, 2.05) is 11.9 Å². The zero-order valence-corrected chi connectivity index (χ0v) is 8.57. The van der Waals surface area contributed by atoms with Crippen molar-refractivity contribution in [3.63, 3.8) is 0 Å². The molecule has 3 heteroatoms. The normalized spacial score (nSPS) is 19.6. The third kappa shape index (κ3) is 2.33. The van der Waals surface area contributed by atoms with Crippen LogP contribution in [0.3, 0.4) is 0 Å². The molecule has 0 aromatic rings. The fourth-order valence-corrected chi connectivity index (χ4v) is 1.45. The van der Waals surface area contributed by atoms with E-state index in [0.717, 1.165) is 18.8 Å². The van der Waals surface area contributed by atoms with Crippen molar-refractivity contribution in [2.45, 2.75) is 0 Å². The average Bonchev–Trinajstić information content (AvgIpc) is 2.15. The van der Waals surface area contributed by atoms with Gasteiger partial charge in [-0.3, -0.25) is 9.69 Å². The van der Waals surface area contributed by atoms with Crippen molar-refractivity contribution in [3.05, 3.63) is 37.1 Å². The molecule has 1 heterocycles. The first-order valence-corrected chi connectivity index (χ1v) is 4.63. The lowest BCUT2D eigenvalue weighted by molar-refractivity contribution is -0.132. The van der Waals surface area contributed by atoms with E-state index in [4.69, 9.17) is 0 Å². The van der Waals surface area contributed by atoms with Gasteiger partial charge in [-0.25, -0.2) is 0 Å². The molecule has 1 rings (SSSR count). The Hall–Kier alpha value is -1.35. The van der Waals surface area contributed by atoms with E-state index < -0.39 is 0 Å². The molecule has 1 saturated heterocycles. The van der Waals surface area contributed by atoms with E-state index >= 15 is 0 Å². The first-order chi connectivity index (χ1) is 6.69. The second kappa shape index (κ2) is 4.77. The molecule has 0 saturated carbocycles. The Bertz CT molecular complexity index is 281. The van der Waals surface area contributed by atoms with Gasteiger partial charge in [0.25, 0.3) is 0 Å². The van der Waals surface area contributed by atoms with Crippen molar-refractivity contribution in [1.29, 1.82) is 0 Å². The lowest BCUT2D eigenvalue weighted by atomic mass is 10.2. The molecule has 0 atom stereocenters. The molecule has 0 N–H and O–H groups in total. The molecular formula is C11H16N2O. The summed E-state index contributed by atoms with van der Waals surface area (Å²) in [7, 11) is 1.94. The van der Waals surface area contributed by atoms with Crippen molar-refractivity contribution in [2.75, 3.05) is 26.7 Å². The van der Waals surface area contributed by atoms with Gasteiger partial charge in [0, 0.05) is 18.8 Å². The highest BCUT2D eigenvalue weighted by atomic mass is 16.2. The van der Waals surface area contributed by atoms with Gasteiger partial charge in [-0.15, -0.1) is 0 Å². The van der Waals surface area contributed by atoms with Gasteiger partial charge in [-0.1, -0.05) is 19.2 Å². The second-order valence-corrected chi connectivity index (χ2v) is 3.31. The molecule has 0 bridgehead atoms. The van der Waals surface area contributed by atoms with Crippen LogP contribution in [0.2, 0.25) is 0 Å². The number of carbonyl (C=O) groups is 1. The largest absolute Gasteiger partial charge is 0.310 e.